The van der Waals surface area contributed by atoms with Crippen molar-refractivity contribution in [3.05, 3.63) is 35.9 Å². The van der Waals surface area contributed by atoms with E-state index in [2.05, 4.69) is 42.6 Å². The molecule has 2 aliphatic carbocycles. The Morgan fingerprint density at radius 3 is 2.63 bits per heavy atom. The fraction of sp³-hybridized carbons (Fsp3) is 0.667. The molecule has 2 bridgehead atoms. The molecule has 0 aliphatic heterocycles. The van der Waals surface area contributed by atoms with Gasteiger partial charge in [0.25, 0.3) is 0 Å². The molecule has 0 spiro atoms. The Kier molecular flexibility index (Phi) is 4.22. The van der Waals surface area contributed by atoms with Crippen molar-refractivity contribution in [3.8, 4) is 0 Å². The van der Waals surface area contributed by atoms with Crippen LogP contribution in [0.2, 0.25) is 0 Å². The molecule has 3 rings (SSSR count). The lowest BCUT2D eigenvalue weighted by atomic mass is 9.83. The molecule has 19 heavy (non-hydrogen) atoms. The first-order valence-electron chi connectivity index (χ1n) is 8.12. The summed E-state index contributed by atoms with van der Waals surface area (Å²) in [6.07, 6.45) is 8.67. The van der Waals surface area contributed by atoms with Crippen LogP contribution in [0.5, 0.6) is 0 Å². The molecular weight excluding hydrogens is 230 g/mol. The van der Waals surface area contributed by atoms with Gasteiger partial charge in [-0.1, -0.05) is 43.7 Å². The minimum atomic E-state index is 0.678. The minimum absolute atomic E-state index is 0.678. The highest BCUT2D eigenvalue weighted by Crippen LogP contribution is 2.49. The summed E-state index contributed by atoms with van der Waals surface area (Å²) < 4.78 is 0. The Hall–Kier alpha value is -0.820. The summed E-state index contributed by atoms with van der Waals surface area (Å²) in [4.78, 5) is 0. The number of hydrogen-bond donors (Lipinski definition) is 1. The summed E-state index contributed by atoms with van der Waals surface area (Å²) >= 11 is 0. The lowest BCUT2D eigenvalue weighted by molar-refractivity contribution is 0.278. The van der Waals surface area contributed by atoms with Crippen LogP contribution in [-0.2, 0) is 6.42 Å². The van der Waals surface area contributed by atoms with Crippen molar-refractivity contribution in [2.45, 2.75) is 51.5 Å². The monoisotopic (exact) mass is 257 g/mol. The summed E-state index contributed by atoms with van der Waals surface area (Å²) in [5, 5.41) is 3.72. The van der Waals surface area contributed by atoms with E-state index in [-0.39, 0.29) is 0 Å². The second-order valence-corrected chi connectivity index (χ2v) is 6.61. The first-order valence-corrected chi connectivity index (χ1v) is 8.12. The summed E-state index contributed by atoms with van der Waals surface area (Å²) in [5.41, 5.74) is 1.48. The predicted molar refractivity (Wildman–Crippen MR) is 81.2 cm³/mol. The third-order valence-electron chi connectivity index (χ3n) is 5.29. The van der Waals surface area contributed by atoms with Crippen molar-refractivity contribution in [1.82, 2.24) is 5.32 Å². The lowest BCUT2D eigenvalue weighted by Crippen LogP contribution is -2.34. The van der Waals surface area contributed by atoms with Gasteiger partial charge in [-0.2, -0.15) is 0 Å². The Labute approximate surface area is 117 Å². The number of fused-ring (bicyclic) bond motifs is 2. The fourth-order valence-corrected chi connectivity index (χ4v) is 4.46. The lowest BCUT2D eigenvalue weighted by Gasteiger charge is -2.27. The van der Waals surface area contributed by atoms with Crippen molar-refractivity contribution in [3.63, 3.8) is 0 Å². The van der Waals surface area contributed by atoms with Crippen LogP contribution in [0, 0.1) is 17.8 Å². The van der Waals surface area contributed by atoms with Crippen LogP contribution in [0.1, 0.15) is 44.6 Å². The molecule has 2 saturated carbocycles. The molecule has 1 N–H and O–H groups in total. The fourth-order valence-electron chi connectivity index (χ4n) is 4.46. The summed E-state index contributed by atoms with van der Waals surface area (Å²) in [7, 11) is 0. The molecular formula is C18H27N. The molecule has 0 heterocycles. The average molecular weight is 257 g/mol. The minimum Gasteiger partial charge on any atom is -0.314 e. The van der Waals surface area contributed by atoms with Gasteiger partial charge in [-0.15, -0.1) is 0 Å². The van der Waals surface area contributed by atoms with Gasteiger partial charge in [0.1, 0.15) is 0 Å². The number of benzene rings is 1. The van der Waals surface area contributed by atoms with E-state index < -0.39 is 0 Å². The van der Waals surface area contributed by atoms with E-state index in [1.165, 1.54) is 44.1 Å². The Bertz CT molecular complexity index is 386. The van der Waals surface area contributed by atoms with E-state index in [1.54, 1.807) is 0 Å². The van der Waals surface area contributed by atoms with E-state index in [9.17, 15) is 0 Å². The molecule has 104 valence electrons. The zero-order valence-electron chi connectivity index (χ0n) is 12.1. The summed E-state index contributed by atoms with van der Waals surface area (Å²) in [5.74, 6) is 3.14. The Morgan fingerprint density at radius 1 is 1.16 bits per heavy atom. The zero-order chi connectivity index (χ0) is 13.1. The van der Waals surface area contributed by atoms with Gasteiger partial charge < -0.3 is 5.32 Å². The van der Waals surface area contributed by atoms with Crippen molar-refractivity contribution >= 4 is 0 Å². The number of hydrogen-bond acceptors (Lipinski definition) is 1. The highest BCUT2D eigenvalue weighted by Gasteiger charge is 2.39. The van der Waals surface area contributed by atoms with E-state index in [4.69, 9.17) is 0 Å². The van der Waals surface area contributed by atoms with Gasteiger partial charge in [-0.25, -0.2) is 0 Å². The molecule has 4 unspecified atom stereocenters. The number of nitrogens with one attached hydrogen (secondary N) is 1. The molecule has 4 atom stereocenters. The van der Waals surface area contributed by atoms with Gasteiger partial charge in [0.05, 0.1) is 0 Å². The Balaban J connectivity index is 1.58. The standard InChI is InChI=1S/C18H27N/c1-2-19-18(12-14-6-4-3-5-7-14)13-17-11-15-8-9-16(17)10-15/h3-7,15-19H,2,8-13H2,1H3. The van der Waals surface area contributed by atoms with Crippen LogP contribution < -0.4 is 5.32 Å². The second kappa shape index (κ2) is 6.09. The number of likely N-dealkylation sites (N-methyl/N-ethyl adjacent to an activating group) is 1. The van der Waals surface area contributed by atoms with Gasteiger partial charge in [0.15, 0.2) is 0 Å². The summed E-state index contributed by atoms with van der Waals surface area (Å²) in [6, 6.07) is 11.7. The Morgan fingerprint density at radius 2 is 2.00 bits per heavy atom. The normalized spacial score (nSPS) is 30.7. The highest BCUT2D eigenvalue weighted by atomic mass is 14.9. The SMILES string of the molecule is CCNC(Cc1ccccc1)CC1CC2CCC1C2. The molecule has 0 saturated heterocycles. The van der Waals surface area contributed by atoms with Gasteiger partial charge >= 0.3 is 0 Å². The molecule has 1 aromatic rings. The maximum atomic E-state index is 3.72. The smallest absolute Gasteiger partial charge is 0.0110 e. The van der Waals surface area contributed by atoms with Crippen LogP contribution >= 0.6 is 0 Å². The van der Waals surface area contributed by atoms with E-state index in [1.807, 2.05) is 0 Å². The van der Waals surface area contributed by atoms with Gasteiger partial charge in [0.2, 0.25) is 0 Å². The van der Waals surface area contributed by atoms with Crippen LogP contribution in [-0.4, -0.2) is 12.6 Å². The van der Waals surface area contributed by atoms with Gasteiger partial charge in [-0.3, -0.25) is 0 Å². The number of rotatable bonds is 6. The van der Waals surface area contributed by atoms with Crippen LogP contribution in [0.15, 0.2) is 30.3 Å². The van der Waals surface area contributed by atoms with Crippen LogP contribution in [0.25, 0.3) is 0 Å². The average Bonchev–Trinajstić information content (AvgIpc) is 3.02. The van der Waals surface area contributed by atoms with E-state index >= 15 is 0 Å². The van der Waals surface area contributed by atoms with Crippen molar-refractivity contribution in [2.75, 3.05) is 6.54 Å². The molecule has 2 fully saturated rings. The predicted octanol–water partition coefficient (Wildman–Crippen LogP) is 4.03. The van der Waals surface area contributed by atoms with Crippen molar-refractivity contribution in [2.24, 2.45) is 17.8 Å². The zero-order valence-corrected chi connectivity index (χ0v) is 12.1. The first kappa shape index (κ1) is 13.2. The van der Waals surface area contributed by atoms with Crippen molar-refractivity contribution in [1.29, 1.82) is 0 Å². The van der Waals surface area contributed by atoms with E-state index in [0.717, 1.165) is 24.3 Å². The van der Waals surface area contributed by atoms with Gasteiger partial charge in [0, 0.05) is 6.04 Å². The second-order valence-electron chi connectivity index (χ2n) is 6.61. The molecule has 1 nitrogen and oxygen atoms in total. The summed E-state index contributed by atoms with van der Waals surface area (Å²) in [6.45, 7) is 3.33. The largest absolute Gasteiger partial charge is 0.314 e. The molecule has 1 aromatic carbocycles. The molecule has 1 heteroatoms. The maximum absolute atomic E-state index is 3.72. The maximum Gasteiger partial charge on any atom is 0.0110 e. The third-order valence-corrected chi connectivity index (χ3v) is 5.29. The molecule has 0 amide bonds. The van der Waals surface area contributed by atoms with Gasteiger partial charge in [-0.05, 0) is 62.0 Å². The van der Waals surface area contributed by atoms with Crippen molar-refractivity contribution < 1.29 is 0 Å². The van der Waals surface area contributed by atoms with E-state index in [0.29, 0.717) is 6.04 Å². The highest BCUT2D eigenvalue weighted by molar-refractivity contribution is 5.16. The quantitative estimate of drug-likeness (QED) is 0.811. The first-order chi connectivity index (χ1) is 9.35. The van der Waals surface area contributed by atoms with Crippen LogP contribution in [0.3, 0.4) is 0 Å². The van der Waals surface area contributed by atoms with Crippen LogP contribution in [0.4, 0.5) is 0 Å². The molecule has 0 radical (unpaired) electrons. The molecule has 0 aromatic heterocycles. The molecule has 2 aliphatic rings. The topological polar surface area (TPSA) is 12.0 Å². The third kappa shape index (κ3) is 3.20.